The Kier molecular flexibility index (Phi) is 4.98. The van der Waals surface area contributed by atoms with Crippen LogP contribution in [0.2, 0.25) is 0 Å². The predicted octanol–water partition coefficient (Wildman–Crippen LogP) is 1.53. The first-order valence-electron chi connectivity index (χ1n) is 5.59. The van der Waals surface area contributed by atoms with Crippen molar-refractivity contribution >= 4 is 17.6 Å². The first-order valence-corrected chi connectivity index (χ1v) is 5.59. The van der Waals surface area contributed by atoms with E-state index in [0.29, 0.717) is 6.54 Å². The summed E-state index contributed by atoms with van der Waals surface area (Å²) < 4.78 is 0. The van der Waals surface area contributed by atoms with Crippen molar-refractivity contribution < 1.29 is 10.0 Å². The second-order valence-corrected chi connectivity index (χ2v) is 4.10. The molecular weight excluding hydrogens is 232 g/mol. The van der Waals surface area contributed by atoms with Crippen molar-refractivity contribution in [2.24, 2.45) is 16.8 Å². The molecule has 0 spiro atoms. The molecule has 1 aromatic carbocycles. The highest BCUT2D eigenvalue weighted by atomic mass is 16.4. The summed E-state index contributed by atoms with van der Waals surface area (Å²) in [6.45, 7) is 2.15. The van der Waals surface area contributed by atoms with Crippen LogP contribution in [0.1, 0.15) is 6.92 Å². The highest BCUT2D eigenvalue weighted by Gasteiger charge is 2.15. The van der Waals surface area contributed by atoms with Gasteiger partial charge >= 0.3 is 6.03 Å². The molecule has 0 aliphatic rings. The van der Waals surface area contributed by atoms with Crippen molar-refractivity contribution in [1.82, 2.24) is 4.90 Å². The molecule has 0 aliphatic heterocycles. The average molecular weight is 250 g/mol. The maximum absolute atomic E-state index is 11.8. The van der Waals surface area contributed by atoms with Crippen LogP contribution < -0.4 is 11.1 Å². The molecule has 0 fully saturated rings. The summed E-state index contributed by atoms with van der Waals surface area (Å²) in [5.74, 6) is -0.101. The maximum Gasteiger partial charge on any atom is 0.321 e. The third-order valence-corrected chi connectivity index (χ3v) is 2.54. The third kappa shape index (κ3) is 3.97. The Hall–Kier alpha value is -2.24. The number of benzene rings is 1. The summed E-state index contributed by atoms with van der Waals surface area (Å²) in [6, 6.07) is 8.93. The smallest absolute Gasteiger partial charge is 0.321 e. The highest BCUT2D eigenvalue weighted by molar-refractivity contribution is 5.89. The fraction of sp³-hybridized carbons (Fsp3) is 0.333. The maximum atomic E-state index is 11.8. The van der Waals surface area contributed by atoms with Crippen molar-refractivity contribution in [3.8, 4) is 0 Å². The Morgan fingerprint density at radius 3 is 2.67 bits per heavy atom. The number of anilines is 1. The Balaban J connectivity index is 2.52. The number of carbonyl (C=O) groups is 1. The predicted molar refractivity (Wildman–Crippen MR) is 70.7 cm³/mol. The molecule has 6 nitrogen and oxygen atoms in total. The van der Waals surface area contributed by atoms with Crippen LogP contribution >= 0.6 is 0 Å². The van der Waals surface area contributed by atoms with E-state index in [1.165, 1.54) is 4.90 Å². The Morgan fingerprint density at radius 1 is 1.50 bits per heavy atom. The zero-order valence-corrected chi connectivity index (χ0v) is 10.5. The molecule has 1 unspecified atom stereocenters. The number of rotatable bonds is 4. The van der Waals surface area contributed by atoms with Gasteiger partial charge in [0.1, 0.15) is 5.84 Å². The lowest BCUT2D eigenvalue weighted by Gasteiger charge is -2.21. The summed E-state index contributed by atoms with van der Waals surface area (Å²) in [5, 5.41) is 14.2. The van der Waals surface area contributed by atoms with E-state index >= 15 is 0 Å². The van der Waals surface area contributed by atoms with E-state index in [0.717, 1.165) is 5.69 Å². The second-order valence-electron chi connectivity index (χ2n) is 4.10. The van der Waals surface area contributed by atoms with Gasteiger partial charge in [0.25, 0.3) is 0 Å². The number of hydrogen-bond donors (Lipinski definition) is 3. The van der Waals surface area contributed by atoms with Gasteiger partial charge in [0, 0.05) is 25.2 Å². The van der Waals surface area contributed by atoms with E-state index in [1.54, 1.807) is 26.1 Å². The van der Waals surface area contributed by atoms with Gasteiger partial charge in [-0.1, -0.05) is 30.3 Å². The van der Waals surface area contributed by atoms with Gasteiger partial charge in [-0.25, -0.2) is 4.79 Å². The van der Waals surface area contributed by atoms with Crippen LogP contribution in [0.15, 0.2) is 35.5 Å². The number of hydrogen-bond acceptors (Lipinski definition) is 3. The number of amides is 2. The summed E-state index contributed by atoms with van der Waals surface area (Å²) in [6.07, 6.45) is 0. The van der Waals surface area contributed by atoms with Gasteiger partial charge in [-0.2, -0.15) is 0 Å². The van der Waals surface area contributed by atoms with E-state index in [1.807, 2.05) is 18.2 Å². The van der Waals surface area contributed by atoms with Crippen LogP contribution in [0.5, 0.6) is 0 Å². The molecule has 0 aromatic heterocycles. The molecule has 2 amide bonds. The van der Waals surface area contributed by atoms with Crippen LogP contribution in [-0.2, 0) is 0 Å². The lowest BCUT2D eigenvalue weighted by Crippen LogP contribution is -2.38. The number of oxime groups is 1. The molecule has 18 heavy (non-hydrogen) atoms. The first-order chi connectivity index (χ1) is 8.54. The molecular formula is C12H18N4O2. The molecule has 0 aliphatic carbocycles. The monoisotopic (exact) mass is 250 g/mol. The number of urea groups is 1. The quantitative estimate of drug-likeness (QED) is 0.327. The highest BCUT2D eigenvalue weighted by Crippen LogP contribution is 2.07. The largest absolute Gasteiger partial charge is 0.409 e. The van der Waals surface area contributed by atoms with Crippen molar-refractivity contribution in [2.75, 3.05) is 18.9 Å². The van der Waals surface area contributed by atoms with Gasteiger partial charge in [0.15, 0.2) is 0 Å². The zero-order chi connectivity index (χ0) is 13.5. The second kappa shape index (κ2) is 6.48. The fourth-order valence-electron chi connectivity index (χ4n) is 1.43. The van der Waals surface area contributed by atoms with Crippen molar-refractivity contribution in [1.29, 1.82) is 0 Å². The molecule has 0 saturated carbocycles. The Bertz CT molecular complexity index is 419. The molecule has 6 heteroatoms. The fourth-order valence-corrected chi connectivity index (χ4v) is 1.43. The number of para-hydroxylation sites is 1. The number of carbonyl (C=O) groups excluding carboxylic acids is 1. The zero-order valence-electron chi connectivity index (χ0n) is 10.5. The van der Waals surface area contributed by atoms with E-state index in [-0.39, 0.29) is 17.8 Å². The van der Waals surface area contributed by atoms with Gasteiger partial charge in [-0.3, -0.25) is 0 Å². The SMILES string of the molecule is CC(CN(C)C(=O)Nc1ccccc1)C(N)=NO. The van der Waals surface area contributed by atoms with Crippen LogP contribution in [0.3, 0.4) is 0 Å². The summed E-state index contributed by atoms with van der Waals surface area (Å²) in [4.78, 5) is 13.3. The van der Waals surface area contributed by atoms with Gasteiger partial charge in [-0.15, -0.1) is 0 Å². The van der Waals surface area contributed by atoms with Gasteiger partial charge in [0.2, 0.25) is 0 Å². The van der Waals surface area contributed by atoms with Gasteiger partial charge in [-0.05, 0) is 12.1 Å². The van der Waals surface area contributed by atoms with E-state index in [9.17, 15) is 4.79 Å². The lowest BCUT2D eigenvalue weighted by molar-refractivity contribution is 0.219. The summed E-state index contributed by atoms with van der Waals surface area (Å²) >= 11 is 0. The normalized spacial score (nSPS) is 12.9. The molecule has 1 rings (SSSR count). The van der Waals surface area contributed by atoms with Crippen LogP contribution in [0, 0.1) is 5.92 Å². The number of nitrogens with zero attached hydrogens (tertiary/aromatic N) is 2. The molecule has 0 radical (unpaired) electrons. The number of amidine groups is 1. The van der Waals surface area contributed by atoms with Gasteiger partial charge in [0.05, 0.1) is 0 Å². The van der Waals surface area contributed by atoms with E-state index in [4.69, 9.17) is 10.9 Å². The van der Waals surface area contributed by atoms with Crippen molar-refractivity contribution in [3.63, 3.8) is 0 Å². The number of nitrogens with two attached hydrogens (primary N) is 1. The topological polar surface area (TPSA) is 91.0 Å². The molecule has 1 aromatic rings. The van der Waals surface area contributed by atoms with Gasteiger partial charge < -0.3 is 21.2 Å². The summed E-state index contributed by atoms with van der Waals surface area (Å²) in [5.41, 5.74) is 6.19. The van der Waals surface area contributed by atoms with E-state index in [2.05, 4.69) is 10.5 Å². The van der Waals surface area contributed by atoms with Crippen LogP contribution in [-0.4, -0.2) is 35.6 Å². The van der Waals surface area contributed by atoms with E-state index < -0.39 is 0 Å². The standard InChI is InChI=1S/C12H18N4O2/c1-9(11(13)15-18)8-16(2)12(17)14-10-6-4-3-5-7-10/h3-7,9,18H,8H2,1-2H3,(H2,13,15)(H,14,17). The molecule has 0 saturated heterocycles. The minimum Gasteiger partial charge on any atom is -0.409 e. The average Bonchev–Trinajstić information content (AvgIpc) is 2.38. The lowest BCUT2D eigenvalue weighted by atomic mass is 10.1. The van der Waals surface area contributed by atoms with Crippen molar-refractivity contribution in [2.45, 2.75) is 6.92 Å². The molecule has 4 N–H and O–H groups in total. The molecule has 98 valence electrons. The van der Waals surface area contributed by atoms with Crippen LogP contribution in [0.25, 0.3) is 0 Å². The Labute approximate surface area is 106 Å². The molecule has 1 atom stereocenters. The molecule has 0 bridgehead atoms. The molecule has 0 heterocycles. The minimum atomic E-state index is -0.237. The van der Waals surface area contributed by atoms with Crippen molar-refractivity contribution in [3.05, 3.63) is 30.3 Å². The third-order valence-electron chi connectivity index (χ3n) is 2.54. The number of nitrogens with one attached hydrogen (secondary N) is 1. The first kappa shape index (κ1) is 13.8. The minimum absolute atomic E-state index is 0.106. The Morgan fingerprint density at radius 2 is 2.11 bits per heavy atom. The summed E-state index contributed by atoms with van der Waals surface area (Å²) in [7, 11) is 1.65. The van der Waals surface area contributed by atoms with Crippen LogP contribution in [0.4, 0.5) is 10.5 Å².